The summed E-state index contributed by atoms with van der Waals surface area (Å²) in [5, 5.41) is 3.45. The van der Waals surface area contributed by atoms with Gasteiger partial charge in [-0.25, -0.2) is 4.98 Å². The number of nitrogens with zero attached hydrogens (tertiary/aromatic N) is 1. The van der Waals surface area contributed by atoms with Gasteiger partial charge in [0, 0.05) is 6.42 Å². The lowest BCUT2D eigenvalue weighted by Gasteiger charge is -2.20. The summed E-state index contributed by atoms with van der Waals surface area (Å²) < 4.78 is 11.1. The molecule has 1 aromatic heterocycles. The van der Waals surface area contributed by atoms with Crippen molar-refractivity contribution in [2.45, 2.75) is 31.7 Å². The number of methoxy groups -OCH3 is 1. The topological polar surface area (TPSA) is 47.3 Å². The summed E-state index contributed by atoms with van der Waals surface area (Å²) in [7, 11) is 1.68. The minimum Gasteiger partial charge on any atom is -0.497 e. The van der Waals surface area contributed by atoms with Crippen LogP contribution in [0.1, 0.15) is 42.5 Å². The Morgan fingerprint density at radius 3 is 3.05 bits per heavy atom. The molecule has 1 aromatic carbocycles. The zero-order valence-electron chi connectivity index (χ0n) is 12.2. The van der Waals surface area contributed by atoms with Gasteiger partial charge in [0.25, 0.3) is 0 Å². The number of nitrogens with one attached hydrogen (secondary N) is 1. The van der Waals surface area contributed by atoms with Crippen molar-refractivity contribution in [2.75, 3.05) is 13.7 Å². The highest BCUT2D eigenvalue weighted by Crippen LogP contribution is 2.24. The van der Waals surface area contributed by atoms with Gasteiger partial charge >= 0.3 is 0 Å². The van der Waals surface area contributed by atoms with Crippen LogP contribution in [-0.2, 0) is 6.42 Å². The van der Waals surface area contributed by atoms with Gasteiger partial charge in [-0.2, -0.15) is 0 Å². The van der Waals surface area contributed by atoms with Crippen LogP contribution in [0.4, 0.5) is 0 Å². The number of ether oxygens (including phenoxy) is 1. The van der Waals surface area contributed by atoms with Crippen molar-refractivity contribution in [2.24, 2.45) is 0 Å². The van der Waals surface area contributed by atoms with Gasteiger partial charge in [-0.3, -0.25) is 0 Å². The van der Waals surface area contributed by atoms with Crippen molar-refractivity contribution in [3.05, 3.63) is 47.7 Å². The maximum absolute atomic E-state index is 5.89. The molecule has 5 heteroatoms. The molecule has 2 aromatic rings. The zero-order chi connectivity index (χ0) is 13.8. The van der Waals surface area contributed by atoms with Crippen molar-refractivity contribution < 1.29 is 9.15 Å². The van der Waals surface area contributed by atoms with Crippen LogP contribution in [0.3, 0.4) is 0 Å². The first-order chi connectivity index (χ1) is 9.85. The largest absolute Gasteiger partial charge is 0.497 e. The number of aromatic nitrogens is 1. The van der Waals surface area contributed by atoms with Crippen molar-refractivity contribution >= 4 is 12.4 Å². The summed E-state index contributed by atoms with van der Waals surface area (Å²) in [6, 6.07) is 8.32. The molecule has 21 heavy (non-hydrogen) atoms. The zero-order valence-corrected chi connectivity index (χ0v) is 13.0. The molecule has 0 aliphatic carbocycles. The molecule has 1 fully saturated rings. The first-order valence-electron chi connectivity index (χ1n) is 7.16. The highest BCUT2D eigenvalue weighted by molar-refractivity contribution is 5.85. The van der Waals surface area contributed by atoms with E-state index in [0.717, 1.165) is 36.8 Å². The van der Waals surface area contributed by atoms with Crippen LogP contribution >= 0.6 is 12.4 Å². The van der Waals surface area contributed by atoms with Gasteiger partial charge in [0.1, 0.15) is 11.5 Å². The molecule has 0 saturated carbocycles. The van der Waals surface area contributed by atoms with Crippen molar-refractivity contribution in [3.8, 4) is 5.75 Å². The molecule has 0 spiro atoms. The van der Waals surface area contributed by atoms with E-state index in [1.807, 2.05) is 24.4 Å². The summed E-state index contributed by atoms with van der Waals surface area (Å²) >= 11 is 0. The van der Waals surface area contributed by atoms with Crippen molar-refractivity contribution in [1.82, 2.24) is 10.3 Å². The van der Waals surface area contributed by atoms with Crippen LogP contribution in [0.2, 0.25) is 0 Å². The predicted octanol–water partition coefficient (Wildman–Crippen LogP) is 3.51. The third-order valence-electron chi connectivity index (χ3n) is 3.69. The number of hydrogen-bond donors (Lipinski definition) is 1. The molecule has 1 aliphatic heterocycles. The second kappa shape index (κ2) is 7.48. The fraction of sp³-hybridized carbons (Fsp3) is 0.438. The Kier molecular flexibility index (Phi) is 5.65. The summed E-state index contributed by atoms with van der Waals surface area (Å²) in [6.45, 7) is 1.05. The fourth-order valence-electron chi connectivity index (χ4n) is 2.61. The Labute approximate surface area is 131 Å². The molecule has 1 unspecified atom stereocenters. The number of benzene rings is 1. The predicted molar refractivity (Wildman–Crippen MR) is 84.1 cm³/mol. The van der Waals surface area contributed by atoms with E-state index in [2.05, 4.69) is 16.4 Å². The number of piperidine rings is 1. The van der Waals surface area contributed by atoms with Crippen LogP contribution in [0, 0.1) is 0 Å². The quantitative estimate of drug-likeness (QED) is 0.939. The maximum atomic E-state index is 5.89. The molecule has 1 atom stereocenters. The average molecular weight is 309 g/mol. The Balaban J connectivity index is 0.00000161. The summed E-state index contributed by atoms with van der Waals surface area (Å²) in [6.07, 6.45) is 6.18. The molecule has 4 nitrogen and oxygen atoms in total. The second-order valence-electron chi connectivity index (χ2n) is 5.20. The minimum absolute atomic E-state index is 0. The van der Waals surface area contributed by atoms with E-state index in [1.54, 1.807) is 7.11 Å². The lowest BCUT2D eigenvalue weighted by molar-refractivity contribution is 0.331. The molecule has 2 heterocycles. The Bertz CT molecular complexity index is 565. The van der Waals surface area contributed by atoms with E-state index in [0.29, 0.717) is 0 Å². The smallest absolute Gasteiger partial charge is 0.211 e. The molecule has 0 amide bonds. The third kappa shape index (κ3) is 3.99. The van der Waals surface area contributed by atoms with E-state index >= 15 is 0 Å². The van der Waals surface area contributed by atoms with E-state index in [9.17, 15) is 0 Å². The number of halogens is 1. The maximum Gasteiger partial charge on any atom is 0.211 e. The van der Waals surface area contributed by atoms with Gasteiger partial charge in [0.15, 0.2) is 0 Å². The highest BCUT2D eigenvalue weighted by Gasteiger charge is 2.19. The van der Waals surface area contributed by atoms with Gasteiger partial charge in [0.05, 0.1) is 19.3 Å². The Morgan fingerprint density at radius 2 is 2.29 bits per heavy atom. The summed E-state index contributed by atoms with van der Waals surface area (Å²) in [5.41, 5.74) is 1.17. The standard InChI is InChI=1S/C16H20N2O2.ClH/c1-19-13-6-4-5-12(9-13)10-14-11-18-16(20-14)15-7-2-3-8-17-15;/h4-6,9,11,15,17H,2-3,7-8,10H2,1H3;1H. The fourth-order valence-corrected chi connectivity index (χ4v) is 2.61. The van der Waals surface area contributed by atoms with Gasteiger partial charge in [-0.15, -0.1) is 12.4 Å². The molecule has 3 rings (SSSR count). The number of oxazole rings is 1. The van der Waals surface area contributed by atoms with E-state index in [-0.39, 0.29) is 18.4 Å². The first-order valence-corrected chi connectivity index (χ1v) is 7.16. The van der Waals surface area contributed by atoms with Gasteiger partial charge < -0.3 is 14.5 Å². The average Bonchev–Trinajstić information content (AvgIpc) is 2.97. The summed E-state index contributed by atoms with van der Waals surface area (Å²) in [5.74, 6) is 2.60. The van der Waals surface area contributed by atoms with Crippen molar-refractivity contribution in [3.63, 3.8) is 0 Å². The molecular weight excluding hydrogens is 288 g/mol. The molecule has 114 valence electrons. The van der Waals surface area contributed by atoms with Crippen LogP contribution in [0.15, 0.2) is 34.9 Å². The SMILES string of the molecule is COc1cccc(Cc2cnc(C3CCCCN3)o2)c1.Cl. The van der Waals surface area contributed by atoms with E-state index in [4.69, 9.17) is 9.15 Å². The van der Waals surface area contributed by atoms with Gasteiger partial charge in [-0.05, 0) is 37.1 Å². The van der Waals surface area contributed by atoms with Crippen molar-refractivity contribution in [1.29, 1.82) is 0 Å². The lowest BCUT2D eigenvalue weighted by atomic mass is 10.1. The number of hydrogen-bond acceptors (Lipinski definition) is 4. The molecule has 1 aliphatic rings. The second-order valence-corrected chi connectivity index (χ2v) is 5.20. The highest BCUT2D eigenvalue weighted by atomic mass is 35.5. The lowest BCUT2D eigenvalue weighted by Crippen LogP contribution is -2.26. The monoisotopic (exact) mass is 308 g/mol. The Morgan fingerprint density at radius 1 is 1.38 bits per heavy atom. The van der Waals surface area contributed by atoms with Crippen LogP contribution < -0.4 is 10.1 Å². The summed E-state index contributed by atoms with van der Waals surface area (Å²) in [4.78, 5) is 4.42. The third-order valence-corrected chi connectivity index (χ3v) is 3.69. The van der Waals surface area contributed by atoms with Crippen LogP contribution in [0.5, 0.6) is 5.75 Å². The number of rotatable bonds is 4. The first kappa shape index (κ1) is 15.9. The van der Waals surface area contributed by atoms with Gasteiger partial charge in [-0.1, -0.05) is 18.6 Å². The molecule has 1 N–H and O–H groups in total. The molecule has 0 radical (unpaired) electrons. The normalized spacial score (nSPS) is 18.0. The molecule has 0 bridgehead atoms. The molecule has 1 saturated heterocycles. The van der Waals surface area contributed by atoms with Crippen LogP contribution in [-0.4, -0.2) is 18.6 Å². The van der Waals surface area contributed by atoms with Gasteiger partial charge in [0.2, 0.25) is 5.89 Å². The molecular formula is C16H21ClN2O2. The van der Waals surface area contributed by atoms with E-state index < -0.39 is 0 Å². The Hall–Kier alpha value is -1.52. The van der Waals surface area contributed by atoms with E-state index in [1.165, 1.54) is 18.4 Å². The minimum atomic E-state index is 0. The van der Waals surface area contributed by atoms with Crippen LogP contribution in [0.25, 0.3) is 0 Å².